The smallest absolute Gasteiger partial charge is 0.169 e. The number of hydrogen-bond donors (Lipinski definition) is 1. The number of hydrogen-bond acceptors (Lipinski definition) is 3. The lowest BCUT2D eigenvalue weighted by Gasteiger charge is -2.12. The van der Waals surface area contributed by atoms with Gasteiger partial charge in [0.1, 0.15) is 0 Å². The van der Waals surface area contributed by atoms with Crippen molar-refractivity contribution in [2.75, 3.05) is 12.4 Å². The van der Waals surface area contributed by atoms with Crippen molar-refractivity contribution in [1.82, 2.24) is 5.32 Å². The van der Waals surface area contributed by atoms with E-state index < -0.39 is 14.6 Å². The minimum Gasteiger partial charge on any atom is -0.302 e. The molecule has 1 N–H and O–H groups in total. The highest BCUT2D eigenvalue weighted by atomic mass is 32.2. The first-order chi connectivity index (χ1) is 3.96. The van der Waals surface area contributed by atoms with Gasteiger partial charge < -0.3 is 5.32 Å². The molecule has 3 nitrogen and oxygen atoms in total. The van der Waals surface area contributed by atoms with Crippen LogP contribution in [0.5, 0.6) is 0 Å². The van der Waals surface area contributed by atoms with Crippen molar-refractivity contribution in [3.05, 3.63) is 0 Å². The van der Waals surface area contributed by atoms with Gasteiger partial charge in [0.15, 0.2) is 9.84 Å². The van der Waals surface area contributed by atoms with E-state index in [0.29, 0.717) is 6.54 Å². The Hall–Kier alpha value is -0.0900. The first-order valence-electron chi connectivity index (χ1n) is 2.89. The van der Waals surface area contributed by atoms with Gasteiger partial charge in [0.2, 0.25) is 0 Å². The molecule has 0 aromatic carbocycles. The molecule has 1 aliphatic rings. The third-order valence-electron chi connectivity index (χ3n) is 1.68. The Labute approximate surface area is 55.4 Å². The Balaban J connectivity index is 3.03. The van der Waals surface area contributed by atoms with Crippen LogP contribution in [0.15, 0.2) is 0 Å². The van der Waals surface area contributed by atoms with Crippen molar-refractivity contribution in [1.29, 1.82) is 0 Å². The quantitative estimate of drug-likeness (QED) is 0.516. The minimum atomic E-state index is -2.84. The minimum absolute atomic E-state index is 0.139. The predicted octanol–water partition coefficient (Wildman–Crippen LogP) is -0.259. The molecular weight excluding hydrogens is 138 g/mol. The van der Waals surface area contributed by atoms with Crippen LogP contribution in [0.25, 0.3) is 0 Å². The lowest BCUT2D eigenvalue weighted by atomic mass is 10.2. The zero-order chi connectivity index (χ0) is 7.12. The van der Waals surface area contributed by atoms with Crippen LogP contribution in [0.2, 0.25) is 0 Å². The van der Waals surface area contributed by atoms with Crippen molar-refractivity contribution < 1.29 is 8.42 Å². The van der Waals surface area contributed by atoms with Crippen LogP contribution in [0.1, 0.15) is 13.8 Å². The second kappa shape index (κ2) is 1.70. The highest BCUT2D eigenvalue weighted by molar-refractivity contribution is 7.93. The first kappa shape index (κ1) is 7.02. The van der Waals surface area contributed by atoms with Gasteiger partial charge in [-0.05, 0) is 13.8 Å². The van der Waals surface area contributed by atoms with Gasteiger partial charge >= 0.3 is 0 Å². The molecule has 0 bridgehead atoms. The molecule has 0 saturated carbocycles. The predicted molar refractivity (Wildman–Crippen MR) is 35.9 cm³/mol. The zero-order valence-corrected chi connectivity index (χ0v) is 6.46. The maximum absolute atomic E-state index is 11.0. The van der Waals surface area contributed by atoms with Gasteiger partial charge in [-0.25, -0.2) is 8.42 Å². The standard InChI is InChI=1S/C5H11NO2S/c1-5(2)3-6-4-9(5,7)8/h6H,3-4H2,1-2H3. The summed E-state index contributed by atoms with van der Waals surface area (Å²) in [5, 5.41) is 2.81. The van der Waals surface area contributed by atoms with E-state index in [1.807, 2.05) is 0 Å². The van der Waals surface area contributed by atoms with Crippen molar-refractivity contribution in [3.63, 3.8) is 0 Å². The third-order valence-corrected chi connectivity index (χ3v) is 4.10. The van der Waals surface area contributed by atoms with Crippen LogP contribution >= 0.6 is 0 Å². The van der Waals surface area contributed by atoms with Gasteiger partial charge in [0, 0.05) is 6.54 Å². The van der Waals surface area contributed by atoms with Gasteiger partial charge in [-0.1, -0.05) is 0 Å². The Bertz CT molecular complexity index is 205. The normalized spacial score (nSPS) is 30.4. The maximum atomic E-state index is 11.0. The summed E-state index contributed by atoms with van der Waals surface area (Å²) in [7, 11) is -2.84. The molecule has 0 spiro atoms. The summed E-state index contributed by atoms with van der Waals surface area (Å²) >= 11 is 0. The molecule has 1 fully saturated rings. The van der Waals surface area contributed by atoms with E-state index in [2.05, 4.69) is 5.32 Å². The van der Waals surface area contributed by atoms with Crippen LogP contribution < -0.4 is 5.32 Å². The second-order valence-corrected chi connectivity index (χ2v) is 5.57. The maximum Gasteiger partial charge on any atom is 0.169 e. The SMILES string of the molecule is CC1(C)CNCS1(=O)=O. The van der Waals surface area contributed by atoms with Crippen molar-refractivity contribution >= 4 is 9.84 Å². The Morgan fingerprint density at radius 3 is 2.11 bits per heavy atom. The molecule has 0 radical (unpaired) electrons. The van der Waals surface area contributed by atoms with Gasteiger partial charge in [0.05, 0.1) is 10.6 Å². The lowest BCUT2D eigenvalue weighted by molar-refractivity contribution is 0.567. The molecule has 1 heterocycles. The highest BCUT2D eigenvalue weighted by Gasteiger charge is 2.38. The van der Waals surface area contributed by atoms with Crippen LogP contribution in [-0.2, 0) is 9.84 Å². The fourth-order valence-electron chi connectivity index (χ4n) is 0.792. The molecule has 54 valence electrons. The van der Waals surface area contributed by atoms with Crippen LogP contribution in [-0.4, -0.2) is 25.6 Å². The summed E-state index contributed by atoms with van der Waals surface area (Å²) in [4.78, 5) is 0. The van der Waals surface area contributed by atoms with E-state index in [0.717, 1.165) is 0 Å². The number of nitrogens with one attached hydrogen (secondary N) is 1. The molecule has 0 atom stereocenters. The topological polar surface area (TPSA) is 46.2 Å². The molecular formula is C5H11NO2S. The van der Waals surface area contributed by atoms with Crippen molar-refractivity contribution in [3.8, 4) is 0 Å². The molecule has 1 aliphatic heterocycles. The summed E-state index contributed by atoms with van der Waals surface area (Å²) in [5.74, 6) is 0.139. The van der Waals surface area contributed by atoms with E-state index >= 15 is 0 Å². The molecule has 0 unspecified atom stereocenters. The van der Waals surface area contributed by atoms with Gasteiger partial charge in [-0.15, -0.1) is 0 Å². The molecule has 0 aliphatic carbocycles. The van der Waals surface area contributed by atoms with E-state index in [9.17, 15) is 8.42 Å². The Kier molecular flexibility index (Phi) is 1.33. The fraction of sp³-hybridized carbons (Fsp3) is 1.00. The fourth-order valence-corrected chi connectivity index (χ4v) is 1.88. The molecule has 1 rings (SSSR count). The summed E-state index contributed by atoms with van der Waals surface area (Å²) in [6.45, 7) is 4.06. The summed E-state index contributed by atoms with van der Waals surface area (Å²) in [5.41, 5.74) is 0. The Morgan fingerprint density at radius 2 is 2.00 bits per heavy atom. The largest absolute Gasteiger partial charge is 0.302 e. The molecule has 0 aromatic heterocycles. The average molecular weight is 149 g/mol. The number of sulfone groups is 1. The van der Waals surface area contributed by atoms with E-state index in [-0.39, 0.29) is 5.88 Å². The van der Waals surface area contributed by atoms with Crippen LogP contribution in [0.4, 0.5) is 0 Å². The third kappa shape index (κ3) is 0.966. The molecule has 0 amide bonds. The summed E-state index contributed by atoms with van der Waals surface area (Å²) in [6, 6.07) is 0. The van der Waals surface area contributed by atoms with Gasteiger partial charge in [0.25, 0.3) is 0 Å². The average Bonchev–Trinajstić information content (AvgIpc) is 1.81. The highest BCUT2D eigenvalue weighted by Crippen LogP contribution is 2.19. The second-order valence-electron chi connectivity index (χ2n) is 2.95. The monoisotopic (exact) mass is 149 g/mol. The van der Waals surface area contributed by atoms with Crippen LogP contribution in [0.3, 0.4) is 0 Å². The van der Waals surface area contributed by atoms with Crippen molar-refractivity contribution in [2.24, 2.45) is 0 Å². The molecule has 1 saturated heterocycles. The number of rotatable bonds is 0. The lowest BCUT2D eigenvalue weighted by Crippen LogP contribution is -2.29. The van der Waals surface area contributed by atoms with Crippen molar-refractivity contribution in [2.45, 2.75) is 18.6 Å². The summed E-state index contributed by atoms with van der Waals surface area (Å²) < 4.78 is 21.5. The summed E-state index contributed by atoms with van der Waals surface area (Å²) in [6.07, 6.45) is 0. The van der Waals surface area contributed by atoms with Gasteiger partial charge in [-0.2, -0.15) is 0 Å². The van der Waals surface area contributed by atoms with E-state index in [1.54, 1.807) is 13.8 Å². The Morgan fingerprint density at radius 1 is 1.44 bits per heavy atom. The van der Waals surface area contributed by atoms with E-state index in [1.165, 1.54) is 0 Å². The molecule has 0 aromatic rings. The molecule has 9 heavy (non-hydrogen) atoms. The van der Waals surface area contributed by atoms with Crippen LogP contribution in [0, 0.1) is 0 Å². The zero-order valence-electron chi connectivity index (χ0n) is 5.64. The van der Waals surface area contributed by atoms with E-state index in [4.69, 9.17) is 0 Å². The molecule has 4 heteroatoms. The first-order valence-corrected chi connectivity index (χ1v) is 4.54. The van der Waals surface area contributed by atoms with Gasteiger partial charge in [-0.3, -0.25) is 0 Å².